The van der Waals surface area contributed by atoms with Gasteiger partial charge in [0.1, 0.15) is 17.5 Å². The minimum absolute atomic E-state index is 0.146. The standard InChI is InChI=1S/C17H17F2N3O/c18-11-5-10(6-12(19)7-11)14-8-16(23)21-17-15(14)9-20-22(17)13-3-1-2-4-13/h5-7,9,13-14H,1-4,8H2,(H,21,23). The van der Waals surface area contributed by atoms with Gasteiger partial charge in [0.05, 0.1) is 12.2 Å². The first-order valence-corrected chi connectivity index (χ1v) is 7.95. The third kappa shape index (κ3) is 2.52. The second-order valence-corrected chi connectivity index (χ2v) is 6.34. The quantitative estimate of drug-likeness (QED) is 0.917. The molecule has 1 aliphatic carbocycles. The van der Waals surface area contributed by atoms with Crippen LogP contribution in [0.5, 0.6) is 0 Å². The number of benzene rings is 1. The first-order chi connectivity index (χ1) is 11.1. The number of fused-ring (bicyclic) bond motifs is 1. The van der Waals surface area contributed by atoms with Gasteiger partial charge in [-0.05, 0) is 30.5 Å². The zero-order valence-electron chi connectivity index (χ0n) is 12.6. The Kier molecular flexibility index (Phi) is 3.39. The minimum Gasteiger partial charge on any atom is -0.311 e. The van der Waals surface area contributed by atoms with Crippen molar-refractivity contribution in [1.82, 2.24) is 9.78 Å². The third-order valence-electron chi connectivity index (χ3n) is 4.80. The van der Waals surface area contributed by atoms with E-state index in [1.165, 1.54) is 12.1 Å². The van der Waals surface area contributed by atoms with Gasteiger partial charge in [-0.3, -0.25) is 4.79 Å². The molecule has 6 heteroatoms. The van der Waals surface area contributed by atoms with Crippen molar-refractivity contribution in [2.75, 3.05) is 5.32 Å². The van der Waals surface area contributed by atoms with Gasteiger partial charge in [0.2, 0.25) is 5.91 Å². The van der Waals surface area contributed by atoms with Gasteiger partial charge in [-0.1, -0.05) is 12.8 Å². The first-order valence-electron chi connectivity index (χ1n) is 7.95. The van der Waals surface area contributed by atoms with E-state index in [0.717, 1.165) is 37.3 Å². The van der Waals surface area contributed by atoms with Crippen molar-refractivity contribution in [2.45, 2.75) is 44.1 Å². The molecule has 120 valence electrons. The van der Waals surface area contributed by atoms with Crippen molar-refractivity contribution in [1.29, 1.82) is 0 Å². The van der Waals surface area contributed by atoms with Gasteiger partial charge in [-0.15, -0.1) is 0 Å². The van der Waals surface area contributed by atoms with E-state index in [2.05, 4.69) is 10.4 Å². The lowest BCUT2D eigenvalue weighted by molar-refractivity contribution is -0.116. The van der Waals surface area contributed by atoms with Crippen molar-refractivity contribution < 1.29 is 13.6 Å². The van der Waals surface area contributed by atoms with Crippen LogP contribution in [0.3, 0.4) is 0 Å². The van der Waals surface area contributed by atoms with Crippen LogP contribution in [0.1, 0.15) is 55.2 Å². The molecule has 0 spiro atoms. The topological polar surface area (TPSA) is 46.9 Å². The summed E-state index contributed by atoms with van der Waals surface area (Å²) in [7, 11) is 0. The van der Waals surface area contributed by atoms with Crippen molar-refractivity contribution >= 4 is 11.7 Å². The fraction of sp³-hybridized carbons (Fsp3) is 0.412. The van der Waals surface area contributed by atoms with Crippen LogP contribution in [0.4, 0.5) is 14.6 Å². The van der Waals surface area contributed by atoms with Gasteiger partial charge < -0.3 is 5.32 Å². The summed E-state index contributed by atoms with van der Waals surface area (Å²) in [5, 5.41) is 7.34. The minimum atomic E-state index is -0.629. The third-order valence-corrected chi connectivity index (χ3v) is 4.80. The zero-order valence-corrected chi connectivity index (χ0v) is 12.6. The fourth-order valence-corrected chi connectivity index (χ4v) is 3.74. The number of anilines is 1. The molecule has 0 bridgehead atoms. The number of amides is 1. The lowest BCUT2D eigenvalue weighted by Crippen LogP contribution is -2.25. The molecule has 0 saturated heterocycles. The van der Waals surface area contributed by atoms with E-state index in [0.29, 0.717) is 17.4 Å². The highest BCUT2D eigenvalue weighted by molar-refractivity contribution is 5.94. The van der Waals surface area contributed by atoms with E-state index < -0.39 is 11.6 Å². The summed E-state index contributed by atoms with van der Waals surface area (Å²) in [4.78, 5) is 12.1. The smallest absolute Gasteiger partial charge is 0.226 e. The molecule has 2 aromatic rings. The molecule has 1 aromatic heterocycles. The first kappa shape index (κ1) is 14.4. The lowest BCUT2D eigenvalue weighted by atomic mass is 9.87. The molecule has 1 unspecified atom stereocenters. The summed E-state index contributed by atoms with van der Waals surface area (Å²) in [5.74, 6) is -1.08. The largest absolute Gasteiger partial charge is 0.311 e. The number of halogens is 2. The molecule has 1 atom stereocenters. The molecule has 1 fully saturated rings. The number of hydrogen-bond acceptors (Lipinski definition) is 2. The predicted molar refractivity (Wildman–Crippen MR) is 81.2 cm³/mol. The number of rotatable bonds is 2. The maximum Gasteiger partial charge on any atom is 0.226 e. The van der Waals surface area contributed by atoms with Crippen molar-refractivity contribution in [3.8, 4) is 0 Å². The monoisotopic (exact) mass is 317 g/mol. The van der Waals surface area contributed by atoms with Crippen LogP contribution in [0.2, 0.25) is 0 Å². The Morgan fingerprint density at radius 2 is 1.83 bits per heavy atom. The van der Waals surface area contributed by atoms with Crippen molar-refractivity contribution in [3.05, 3.63) is 47.2 Å². The Labute approximate surface area is 132 Å². The van der Waals surface area contributed by atoms with Gasteiger partial charge in [-0.2, -0.15) is 5.10 Å². The van der Waals surface area contributed by atoms with E-state index in [1.54, 1.807) is 6.20 Å². The maximum absolute atomic E-state index is 13.5. The molecular formula is C17H17F2N3O. The van der Waals surface area contributed by atoms with Crippen LogP contribution in [0, 0.1) is 11.6 Å². The summed E-state index contributed by atoms with van der Waals surface area (Å²) >= 11 is 0. The van der Waals surface area contributed by atoms with Crippen LogP contribution in [-0.2, 0) is 4.79 Å². The molecule has 1 aliphatic heterocycles. The lowest BCUT2D eigenvalue weighted by Gasteiger charge is -2.25. The Bertz CT molecular complexity index is 745. The number of aromatic nitrogens is 2. The molecule has 4 nitrogen and oxygen atoms in total. The summed E-state index contributed by atoms with van der Waals surface area (Å²) in [6, 6.07) is 3.73. The number of nitrogens with one attached hydrogen (secondary N) is 1. The Morgan fingerprint density at radius 1 is 1.13 bits per heavy atom. The average Bonchev–Trinajstić information content (AvgIpc) is 3.13. The second-order valence-electron chi connectivity index (χ2n) is 6.34. The van der Waals surface area contributed by atoms with Gasteiger partial charge >= 0.3 is 0 Å². The van der Waals surface area contributed by atoms with Crippen LogP contribution in [0.25, 0.3) is 0 Å². The highest BCUT2D eigenvalue weighted by Gasteiger charge is 2.32. The van der Waals surface area contributed by atoms with E-state index in [1.807, 2.05) is 4.68 Å². The van der Waals surface area contributed by atoms with Crippen LogP contribution < -0.4 is 5.32 Å². The molecule has 1 amide bonds. The van der Waals surface area contributed by atoms with E-state index in [4.69, 9.17) is 0 Å². The summed E-state index contributed by atoms with van der Waals surface area (Å²) < 4.78 is 29.0. The summed E-state index contributed by atoms with van der Waals surface area (Å²) in [5.41, 5.74) is 1.31. The van der Waals surface area contributed by atoms with Gasteiger partial charge in [0, 0.05) is 24.0 Å². The predicted octanol–water partition coefficient (Wildman–Crippen LogP) is 3.75. The van der Waals surface area contributed by atoms with Gasteiger partial charge in [-0.25, -0.2) is 13.5 Å². The second kappa shape index (κ2) is 5.44. The van der Waals surface area contributed by atoms with E-state index in [-0.39, 0.29) is 18.2 Å². The Hall–Kier alpha value is -2.24. The van der Waals surface area contributed by atoms with Gasteiger partial charge in [0.15, 0.2) is 0 Å². The molecule has 1 aromatic carbocycles. The Morgan fingerprint density at radius 3 is 2.52 bits per heavy atom. The Balaban J connectivity index is 1.77. The molecule has 2 heterocycles. The van der Waals surface area contributed by atoms with Crippen LogP contribution in [-0.4, -0.2) is 15.7 Å². The number of carbonyl (C=O) groups excluding carboxylic acids is 1. The molecular weight excluding hydrogens is 300 g/mol. The highest BCUT2D eigenvalue weighted by Crippen LogP contribution is 2.40. The fourth-order valence-electron chi connectivity index (χ4n) is 3.74. The molecule has 1 N–H and O–H groups in total. The average molecular weight is 317 g/mol. The van der Waals surface area contributed by atoms with Crippen molar-refractivity contribution in [3.63, 3.8) is 0 Å². The molecule has 0 radical (unpaired) electrons. The maximum atomic E-state index is 13.5. The molecule has 4 rings (SSSR count). The number of carbonyl (C=O) groups is 1. The summed E-state index contributed by atoms with van der Waals surface area (Å²) in [6.45, 7) is 0. The van der Waals surface area contributed by atoms with E-state index in [9.17, 15) is 13.6 Å². The summed E-state index contributed by atoms with van der Waals surface area (Å²) in [6.07, 6.45) is 6.30. The van der Waals surface area contributed by atoms with E-state index >= 15 is 0 Å². The number of hydrogen-bond donors (Lipinski definition) is 1. The molecule has 23 heavy (non-hydrogen) atoms. The number of nitrogens with zero attached hydrogens (tertiary/aromatic N) is 2. The molecule has 1 saturated carbocycles. The highest BCUT2D eigenvalue weighted by atomic mass is 19.1. The molecule has 2 aliphatic rings. The normalized spacial score (nSPS) is 21.3. The zero-order chi connectivity index (χ0) is 16.0. The SMILES string of the molecule is O=C1CC(c2cc(F)cc(F)c2)c2cnn(C3CCCC3)c2N1. The van der Waals surface area contributed by atoms with Crippen molar-refractivity contribution in [2.24, 2.45) is 0 Å². The van der Waals surface area contributed by atoms with Gasteiger partial charge in [0.25, 0.3) is 0 Å². The van der Waals surface area contributed by atoms with Crippen LogP contribution >= 0.6 is 0 Å². The van der Waals surface area contributed by atoms with Crippen LogP contribution in [0.15, 0.2) is 24.4 Å².